The molecule has 1 aliphatic rings. The van der Waals surface area contributed by atoms with Crippen LogP contribution in [0.1, 0.15) is 32.1 Å². The van der Waals surface area contributed by atoms with Crippen molar-refractivity contribution < 1.29 is 14.7 Å². The first-order valence-corrected chi connectivity index (χ1v) is 5.93. The minimum Gasteiger partial charge on any atom is -0.342 e. The van der Waals surface area contributed by atoms with Gasteiger partial charge in [-0.3, -0.25) is 4.84 Å². The summed E-state index contributed by atoms with van der Waals surface area (Å²) in [5.74, 6) is -2.35. The predicted molar refractivity (Wildman–Crippen MR) is 62.9 cm³/mol. The van der Waals surface area contributed by atoms with Gasteiger partial charge in [0.25, 0.3) is 5.09 Å². The van der Waals surface area contributed by atoms with E-state index in [9.17, 15) is 10.1 Å². The smallest absolute Gasteiger partial charge is 0.312 e. The minimum absolute atomic E-state index is 0.163. The second kappa shape index (κ2) is 6.78. The topological polar surface area (TPSA) is 134 Å². The fourth-order valence-corrected chi connectivity index (χ4v) is 2.44. The van der Waals surface area contributed by atoms with E-state index in [2.05, 4.69) is 14.9 Å². The van der Waals surface area contributed by atoms with Gasteiger partial charge in [0.05, 0.1) is 0 Å². The number of ether oxygens (including phenoxy) is 1. The molecule has 0 N–H and O–H groups in total. The van der Waals surface area contributed by atoms with Crippen molar-refractivity contribution in [1.29, 1.82) is 5.26 Å². The molecule has 1 aliphatic carbocycles. The Morgan fingerprint density at radius 1 is 1.58 bits per heavy atom. The molecule has 0 aromatic rings. The van der Waals surface area contributed by atoms with E-state index in [0.29, 0.717) is 0 Å². The van der Waals surface area contributed by atoms with E-state index in [-0.39, 0.29) is 5.92 Å². The Kier molecular flexibility index (Phi) is 5.36. The van der Waals surface area contributed by atoms with Gasteiger partial charge in [-0.15, -0.1) is 10.1 Å². The van der Waals surface area contributed by atoms with Crippen LogP contribution in [0.3, 0.4) is 0 Å². The van der Waals surface area contributed by atoms with E-state index in [1.54, 1.807) is 6.07 Å². The fourth-order valence-electron chi connectivity index (χ4n) is 2.44. The molecule has 2 unspecified atom stereocenters. The van der Waals surface area contributed by atoms with Gasteiger partial charge >= 0.3 is 5.79 Å². The number of nitriles is 1. The maximum absolute atomic E-state index is 10.5. The highest BCUT2D eigenvalue weighted by atomic mass is 17.0. The molecule has 0 heterocycles. The molecule has 0 saturated heterocycles. The summed E-state index contributed by atoms with van der Waals surface area (Å²) in [6.07, 6.45) is 4.34. The zero-order valence-corrected chi connectivity index (χ0v) is 10.6. The third-order valence-electron chi connectivity index (χ3n) is 3.33. The van der Waals surface area contributed by atoms with Crippen molar-refractivity contribution in [3.8, 4) is 6.07 Å². The van der Waals surface area contributed by atoms with Crippen molar-refractivity contribution in [3.63, 3.8) is 0 Å². The summed E-state index contributed by atoms with van der Waals surface area (Å²) >= 11 is 0. The maximum atomic E-state index is 10.5. The van der Waals surface area contributed by atoms with Gasteiger partial charge in [-0.1, -0.05) is 24.4 Å². The molecule has 1 fully saturated rings. The number of hydrogen-bond donors (Lipinski definition) is 0. The second-order valence-electron chi connectivity index (χ2n) is 4.35. The van der Waals surface area contributed by atoms with Crippen LogP contribution in [0.2, 0.25) is 0 Å². The monoisotopic (exact) mass is 269 g/mol. The lowest BCUT2D eigenvalue weighted by Crippen LogP contribution is -2.49. The lowest BCUT2D eigenvalue weighted by molar-refractivity contribution is -0.791. The van der Waals surface area contributed by atoms with Crippen molar-refractivity contribution in [1.82, 2.24) is 0 Å². The summed E-state index contributed by atoms with van der Waals surface area (Å²) in [4.78, 5) is 17.6. The number of nitrogens with zero attached hydrogens (tertiary/aromatic N) is 5. The van der Waals surface area contributed by atoms with Crippen molar-refractivity contribution in [2.75, 3.05) is 7.11 Å². The Hall–Kier alpha value is -2.04. The Labute approximate surface area is 109 Å². The summed E-state index contributed by atoms with van der Waals surface area (Å²) in [6, 6.07) is 0.584. The van der Waals surface area contributed by atoms with Crippen molar-refractivity contribution in [2.24, 2.45) is 11.0 Å². The highest BCUT2D eigenvalue weighted by Crippen LogP contribution is 2.35. The molecule has 19 heavy (non-hydrogen) atoms. The van der Waals surface area contributed by atoms with Crippen LogP contribution in [0.5, 0.6) is 0 Å². The van der Waals surface area contributed by atoms with Gasteiger partial charge in [0.15, 0.2) is 0 Å². The first-order chi connectivity index (χ1) is 9.09. The number of rotatable bonds is 6. The van der Waals surface area contributed by atoms with Gasteiger partial charge in [0.1, 0.15) is 12.1 Å². The lowest BCUT2D eigenvalue weighted by Gasteiger charge is -2.35. The largest absolute Gasteiger partial charge is 0.342 e. The summed E-state index contributed by atoms with van der Waals surface area (Å²) in [6.45, 7) is 0. The molecule has 0 aliphatic heterocycles. The van der Waals surface area contributed by atoms with Crippen LogP contribution in [0, 0.1) is 27.4 Å². The summed E-state index contributed by atoms with van der Waals surface area (Å²) in [5, 5.41) is 22.1. The van der Waals surface area contributed by atoms with E-state index in [1.807, 2.05) is 0 Å². The SMILES string of the molecule is COC(C#N)(O[N+](=O)[O-])C(N=[N+]=[N-])C1CCCCC1. The molecule has 2 atom stereocenters. The van der Waals surface area contributed by atoms with Crippen LogP contribution in [0.25, 0.3) is 10.4 Å². The molecular weight excluding hydrogens is 254 g/mol. The van der Waals surface area contributed by atoms with Gasteiger partial charge in [0, 0.05) is 12.0 Å². The van der Waals surface area contributed by atoms with E-state index >= 15 is 0 Å². The molecule has 0 amide bonds. The van der Waals surface area contributed by atoms with Crippen LogP contribution in [-0.4, -0.2) is 24.0 Å². The van der Waals surface area contributed by atoms with Gasteiger partial charge in [-0.2, -0.15) is 5.26 Å². The van der Waals surface area contributed by atoms with Crippen molar-refractivity contribution in [2.45, 2.75) is 43.9 Å². The summed E-state index contributed by atoms with van der Waals surface area (Å²) in [7, 11) is 1.12. The Balaban J connectivity index is 3.07. The molecule has 0 aromatic carbocycles. The average molecular weight is 269 g/mol. The first-order valence-electron chi connectivity index (χ1n) is 5.93. The van der Waals surface area contributed by atoms with Crippen LogP contribution < -0.4 is 0 Å². The molecule has 9 nitrogen and oxygen atoms in total. The van der Waals surface area contributed by atoms with Gasteiger partial charge < -0.3 is 4.74 Å². The third kappa shape index (κ3) is 3.47. The molecule has 104 valence electrons. The van der Waals surface area contributed by atoms with Gasteiger partial charge in [-0.25, -0.2) is 0 Å². The predicted octanol–water partition coefficient (Wildman–Crippen LogP) is 2.32. The van der Waals surface area contributed by atoms with Crippen LogP contribution >= 0.6 is 0 Å². The molecule has 0 aromatic heterocycles. The van der Waals surface area contributed by atoms with E-state index < -0.39 is 16.9 Å². The van der Waals surface area contributed by atoms with E-state index in [0.717, 1.165) is 39.2 Å². The van der Waals surface area contributed by atoms with Gasteiger partial charge in [-0.05, 0) is 24.3 Å². The van der Waals surface area contributed by atoms with Crippen LogP contribution in [0.15, 0.2) is 5.11 Å². The quantitative estimate of drug-likeness (QED) is 0.182. The molecule has 1 saturated carbocycles. The van der Waals surface area contributed by atoms with Gasteiger partial charge in [0.2, 0.25) is 0 Å². The Morgan fingerprint density at radius 3 is 2.63 bits per heavy atom. The maximum Gasteiger partial charge on any atom is 0.312 e. The minimum atomic E-state index is -2.18. The number of methoxy groups -OCH3 is 1. The first kappa shape index (κ1) is 15.0. The standard InChI is InChI=1S/C10H15N5O4/c1-18-10(7-11,19-15(16)17)9(13-14-12)8-5-3-2-4-6-8/h8-9H,2-6H2,1H3. The van der Waals surface area contributed by atoms with Crippen LogP contribution in [-0.2, 0) is 9.57 Å². The Bertz CT molecular complexity index is 411. The fraction of sp³-hybridized carbons (Fsp3) is 0.900. The second-order valence-corrected chi connectivity index (χ2v) is 4.35. The normalized spacial score (nSPS) is 20.4. The molecular formula is C10H15N5O4. The van der Waals surface area contributed by atoms with Crippen molar-refractivity contribution in [3.05, 3.63) is 20.6 Å². The lowest BCUT2D eigenvalue weighted by atomic mass is 9.81. The molecule has 1 rings (SSSR count). The summed E-state index contributed by atoms with van der Waals surface area (Å²) < 4.78 is 4.88. The molecule has 0 bridgehead atoms. The van der Waals surface area contributed by atoms with Crippen molar-refractivity contribution >= 4 is 0 Å². The van der Waals surface area contributed by atoms with Crippen LogP contribution in [0.4, 0.5) is 0 Å². The number of azide groups is 1. The third-order valence-corrected chi connectivity index (χ3v) is 3.33. The molecule has 0 radical (unpaired) electrons. The van der Waals surface area contributed by atoms with E-state index in [4.69, 9.17) is 15.5 Å². The molecule has 9 heteroatoms. The highest BCUT2D eigenvalue weighted by molar-refractivity contribution is 5.05. The Morgan fingerprint density at radius 2 is 2.21 bits per heavy atom. The average Bonchev–Trinajstić information content (AvgIpc) is 2.43. The molecule has 0 spiro atoms. The number of hydrogen-bond acceptors (Lipinski definition) is 6. The van der Waals surface area contributed by atoms with E-state index in [1.165, 1.54) is 0 Å². The zero-order chi connectivity index (χ0) is 14.3. The summed E-state index contributed by atoms with van der Waals surface area (Å²) in [5.41, 5.74) is 8.62. The zero-order valence-electron chi connectivity index (χ0n) is 10.6. The highest BCUT2D eigenvalue weighted by Gasteiger charge is 2.47.